The topological polar surface area (TPSA) is 93.2 Å². The number of nitrogens with one attached hydrogen (secondary N) is 1. The van der Waals surface area contributed by atoms with Crippen LogP contribution >= 0.6 is 11.8 Å². The van der Waals surface area contributed by atoms with E-state index in [0.29, 0.717) is 6.54 Å². The fourth-order valence-corrected chi connectivity index (χ4v) is 5.01. The highest BCUT2D eigenvalue weighted by Crippen LogP contribution is 2.23. The van der Waals surface area contributed by atoms with Gasteiger partial charge in [0.05, 0.1) is 11.7 Å². The number of piperidine rings is 1. The Balaban J connectivity index is 1.33. The highest BCUT2D eigenvalue weighted by Gasteiger charge is 2.23. The third-order valence-corrected chi connectivity index (χ3v) is 7.20. The third kappa shape index (κ3) is 6.07. The minimum atomic E-state index is -0.221. The monoisotopic (exact) mass is 477 g/mol. The molecule has 2 aromatic carbocycles. The Hall–Kier alpha value is -3.10. The summed E-state index contributed by atoms with van der Waals surface area (Å²) in [4.78, 5) is 30.9. The average Bonchev–Trinajstić information content (AvgIpc) is 3.28. The lowest BCUT2D eigenvalue weighted by molar-refractivity contribution is -0.123. The van der Waals surface area contributed by atoms with E-state index in [1.54, 1.807) is 6.20 Å². The summed E-state index contributed by atoms with van der Waals surface area (Å²) in [5, 5.41) is 3.77. The lowest BCUT2D eigenvalue weighted by Crippen LogP contribution is -2.40. The van der Waals surface area contributed by atoms with Gasteiger partial charge in [0.15, 0.2) is 5.16 Å². The van der Waals surface area contributed by atoms with Crippen LogP contribution in [0.1, 0.15) is 29.5 Å². The van der Waals surface area contributed by atoms with Crippen molar-refractivity contribution in [1.29, 1.82) is 0 Å². The van der Waals surface area contributed by atoms with Crippen molar-refractivity contribution in [2.75, 3.05) is 24.2 Å². The van der Waals surface area contributed by atoms with E-state index < -0.39 is 0 Å². The summed E-state index contributed by atoms with van der Waals surface area (Å²) in [7, 11) is 0. The first-order valence-corrected chi connectivity index (χ1v) is 12.5. The molecule has 7 nitrogen and oxygen atoms in total. The summed E-state index contributed by atoms with van der Waals surface area (Å²) in [6.07, 6.45) is 5.50. The van der Waals surface area contributed by atoms with Crippen LogP contribution in [0.3, 0.4) is 0 Å². The molecule has 8 heteroatoms. The molecule has 2 amide bonds. The highest BCUT2D eigenvalue weighted by molar-refractivity contribution is 7.99. The predicted octanol–water partition coefficient (Wildman–Crippen LogP) is 3.92. The van der Waals surface area contributed by atoms with E-state index in [-0.39, 0.29) is 23.5 Å². The van der Waals surface area contributed by atoms with E-state index in [0.717, 1.165) is 48.0 Å². The Morgan fingerprint density at radius 3 is 2.82 bits per heavy atom. The Morgan fingerprint density at radius 2 is 2.03 bits per heavy atom. The molecule has 3 aromatic rings. The lowest BCUT2D eigenvalue weighted by Gasteiger charge is -2.31. The van der Waals surface area contributed by atoms with Crippen molar-refractivity contribution in [3.8, 4) is 5.69 Å². The third-order valence-electron chi connectivity index (χ3n) is 6.23. The molecule has 1 saturated heterocycles. The molecule has 1 aliphatic heterocycles. The molecule has 1 unspecified atom stereocenters. The van der Waals surface area contributed by atoms with Gasteiger partial charge in [0.25, 0.3) is 0 Å². The Labute approximate surface area is 204 Å². The SMILES string of the molecule is Cc1ccc(-n2ccnc2SCC(=O)Nc2cccc(CN3CCCC(C(N)=O)C3)c2)cc1C. The smallest absolute Gasteiger partial charge is 0.234 e. The number of imidazole rings is 1. The van der Waals surface area contributed by atoms with Crippen LogP contribution in [0.4, 0.5) is 5.69 Å². The van der Waals surface area contributed by atoms with Crippen LogP contribution in [0.5, 0.6) is 0 Å². The van der Waals surface area contributed by atoms with Gasteiger partial charge in [0.1, 0.15) is 0 Å². The van der Waals surface area contributed by atoms with Crippen LogP contribution in [0.15, 0.2) is 60.0 Å². The molecule has 0 bridgehead atoms. The molecule has 0 radical (unpaired) electrons. The molecule has 178 valence electrons. The van der Waals surface area contributed by atoms with Gasteiger partial charge in [-0.2, -0.15) is 0 Å². The second-order valence-electron chi connectivity index (χ2n) is 8.86. The number of rotatable bonds is 8. The zero-order valence-electron chi connectivity index (χ0n) is 19.7. The van der Waals surface area contributed by atoms with Crippen molar-refractivity contribution in [3.05, 3.63) is 71.5 Å². The summed E-state index contributed by atoms with van der Waals surface area (Å²) in [5.41, 5.74) is 10.9. The van der Waals surface area contributed by atoms with E-state index in [1.807, 2.05) is 35.0 Å². The number of nitrogens with two attached hydrogens (primary N) is 1. The number of amides is 2. The summed E-state index contributed by atoms with van der Waals surface area (Å²) >= 11 is 1.41. The first kappa shape index (κ1) is 24.0. The number of aromatic nitrogens is 2. The number of thioether (sulfide) groups is 1. The Bertz CT molecular complexity index is 1180. The summed E-state index contributed by atoms with van der Waals surface area (Å²) in [6, 6.07) is 14.2. The van der Waals surface area contributed by atoms with Gasteiger partial charge in [-0.25, -0.2) is 4.98 Å². The van der Waals surface area contributed by atoms with Crippen molar-refractivity contribution < 1.29 is 9.59 Å². The number of benzene rings is 2. The van der Waals surface area contributed by atoms with Crippen molar-refractivity contribution >= 4 is 29.3 Å². The summed E-state index contributed by atoms with van der Waals surface area (Å²) in [5.74, 6) is -0.117. The van der Waals surface area contributed by atoms with Crippen molar-refractivity contribution in [2.24, 2.45) is 11.7 Å². The maximum atomic E-state index is 12.6. The number of likely N-dealkylation sites (tertiary alicyclic amines) is 1. The van der Waals surface area contributed by atoms with Crippen LogP contribution in [0.25, 0.3) is 5.69 Å². The zero-order chi connectivity index (χ0) is 24.1. The van der Waals surface area contributed by atoms with Gasteiger partial charge < -0.3 is 11.1 Å². The Kier molecular flexibility index (Phi) is 7.70. The Morgan fingerprint density at radius 1 is 1.18 bits per heavy atom. The van der Waals surface area contributed by atoms with Crippen molar-refractivity contribution in [3.63, 3.8) is 0 Å². The quantitative estimate of drug-likeness (QED) is 0.480. The van der Waals surface area contributed by atoms with Gasteiger partial charge in [-0.3, -0.25) is 19.1 Å². The molecule has 34 heavy (non-hydrogen) atoms. The summed E-state index contributed by atoms with van der Waals surface area (Å²) < 4.78 is 2.00. The standard InChI is InChI=1S/C26H31N5O2S/c1-18-8-9-23(13-19(18)2)31-12-10-28-26(31)34-17-24(32)29-22-7-3-5-20(14-22)15-30-11-4-6-21(16-30)25(27)33/h3,5,7-10,12-14,21H,4,6,11,15-17H2,1-2H3,(H2,27,33)(H,29,32). The number of anilines is 1. The van der Waals surface area contributed by atoms with Gasteiger partial charge in [0.2, 0.25) is 11.8 Å². The minimum Gasteiger partial charge on any atom is -0.369 e. The van der Waals surface area contributed by atoms with Crippen LogP contribution in [0.2, 0.25) is 0 Å². The molecule has 2 heterocycles. The first-order valence-electron chi connectivity index (χ1n) is 11.5. The van der Waals surface area contributed by atoms with Crippen LogP contribution in [-0.2, 0) is 16.1 Å². The van der Waals surface area contributed by atoms with Crippen LogP contribution < -0.4 is 11.1 Å². The van der Waals surface area contributed by atoms with Crippen molar-refractivity contribution in [1.82, 2.24) is 14.5 Å². The maximum Gasteiger partial charge on any atom is 0.234 e. The van der Waals surface area contributed by atoms with Crippen molar-refractivity contribution in [2.45, 2.75) is 38.4 Å². The molecule has 1 atom stereocenters. The first-order chi connectivity index (χ1) is 16.4. The van der Waals surface area contributed by atoms with E-state index in [9.17, 15) is 9.59 Å². The maximum absolute atomic E-state index is 12.6. The molecule has 4 rings (SSSR count). The van der Waals surface area contributed by atoms with E-state index in [1.165, 1.54) is 22.9 Å². The largest absolute Gasteiger partial charge is 0.369 e. The highest BCUT2D eigenvalue weighted by atomic mass is 32.2. The fraction of sp³-hybridized carbons (Fsp3) is 0.346. The average molecular weight is 478 g/mol. The molecular formula is C26H31N5O2S. The normalized spacial score (nSPS) is 16.4. The van der Waals surface area contributed by atoms with E-state index in [4.69, 9.17) is 5.73 Å². The number of hydrogen-bond acceptors (Lipinski definition) is 5. The molecule has 1 aliphatic rings. The molecular weight excluding hydrogens is 446 g/mol. The molecule has 0 saturated carbocycles. The molecule has 1 aromatic heterocycles. The van der Waals surface area contributed by atoms with Crippen LogP contribution in [0, 0.1) is 19.8 Å². The number of aryl methyl sites for hydroxylation is 2. The van der Waals surface area contributed by atoms with Gasteiger partial charge in [0, 0.05) is 36.9 Å². The van der Waals surface area contributed by atoms with Crippen LogP contribution in [-0.4, -0.2) is 45.1 Å². The lowest BCUT2D eigenvalue weighted by atomic mass is 9.97. The zero-order valence-corrected chi connectivity index (χ0v) is 20.5. The molecule has 0 spiro atoms. The number of primary amides is 1. The number of nitrogens with zero attached hydrogens (tertiary/aromatic N) is 3. The van der Waals surface area contributed by atoms with E-state index in [2.05, 4.69) is 47.2 Å². The number of hydrogen-bond donors (Lipinski definition) is 2. The number of carbonyl (C=O) groups excluding carboxylic acids is 2. The van der Waals surface area contributed by atoms with Gasteiger partial charge >= 0.3 is 0 Å². The minimum absolute atomic E-state index is 0.0787. The molecule has 1 fully saturated rings. The van der Waals surface area contributed by atoms with Gasteiger partial charge in [-0.15, -0.1) is 0 Å². The second kappa shape index (κ2) is 10.9. The number of carbonyl (C=O) groups is 2. The second-order valence-corrected chi connectivity index (χ2v) is 9.80. The van der Waals surface area contributed by atoms with Gasteiger partial charge in [-0.05, 0) is 74.2 Å². The van der Waals surface area contributed by atoms with E-state index >= 15 is 0 Å². The fourth-order valence-electron chi connectivity index (χ4n) is 4.23. The molecule has 3 N–H and O–H groups in total. The predicted molar refractivity (Wildman–Crippen MR) is 136 cm³/mol. The summed E-state index contributed by atoms with van der Waals surface area (Å²) in [6.45, 7) is 6.55. The molecule has 0 aliphatic carbocycles. The van der Waals surface area contributed by atoms with Gasteiger partial charge in [-0.1, -0.05) is 30.0 Å².